The number of nitrogens with zero attached hydrogens (tertiary/aromatic N) is 1. The fraction of sp³-hybridized carbons (Fsp3) is 0.364. The average molecular weight is 351 g/mol. The number of esters is 1. The Morgan fingerprint density at radius 2 is 1.81 bits per heavy atom. The smallest absolute Gasteiger partial charge is 0.311 e. The maximum atomic E-state index is 12.3. The highest BCUT2D eigenvalue weighted by Gasteiger charge is 2.36. The van der Waals surface area contributed by atoms with E-state index in [4.69, 9.17) is 4.74 Å². The number of amides is 1. The van der Waals surface area contributed by atoms with Gasteiger partial charge in [0.2, 0.25) is 5.91 Å². The first-order chi connectivity index (χ1) is 12.7. The molecule has 1 atom stereocenters. The monoisotopic (exact) mass is 351 g/mol. The molecule has 2 aromatic carbocycles. The Hall–Kier alpha value is -2.62. The Morgan fingerprint density at radius 3 is 2.50 bits per heavy atom. The van der Waals surface area contributed by atoms with E-state index < -0.39 is 5.92 Å². The van der Waals surface area contributed by atoms with Crippen LogP contribution in [0, 0.1) is 5.92 Å². The third-order valence-corrected chi connectivity index (χ3v) is 4.75. The van der Waals surface area contributed by atoms with Crippen LogP contribution in [-0.4, -0.2) is 18.4 Å². The number of carbonyl (C=O) groups is 2. The maximum Gasteiger partial charge on any atom is 0.311 e. The molecule has 26 heavy (non-hydrogen) atoms. The first-order valence-electron chi connectivity index (χ1n) is 9.27. The van der Waals surface area contributed by atoms with Crippen molar-refractivity contribution in [3.63, 3.8) is 0 Å². The van der Waals surface area contributed by atoms with Gasteiger partial charge >= 0.3 is 5.97 Å². The highest BCUT2D eigenvalue weighted by molar-refractivity contribution is 5.99. The van der Waals surface area contributed by atoms with Crippen LogP contribution in [0.5, 0.6) is 0 Å². The van der Waals surface area contributed by atoms with Crippen LogP contribution in [0.1, 0.15) is 37.3 Å². The molecule has 1 saturated heterocycles. The number of hydrogen-bond donors (Lipinski definition) is 0. The van der Waals surface area contributed by atoms with Crippen LogP contribution in [-0.2, 0) is 27.4 Å². The molecule has 3 rings (SSSR count). The number of aryl methyl sites for hydroxylation is 1. The second-order valence-electron chi connectivity index (χ2n) is 6.77. The average Bonchev–Trinajstić information content (AvgIpc) is 3.07. The van der Waals surface area contributed by atoms with E-state index in [-0.39, 0.29) is 24.9 Å². The molecule has 0 N–H and O–H groups in total. The number of benzene rings is 2. The molecule has 0 aromatic heterocycles. The lowest BCUT2D eigenvalue weighted by Gasteiger charge is -2.17. The summed E-state index contributed by atoms with van der Waals surface area (Å²) in [5.74, 6) is -0.719. The molecule has 1 aliphatic heterocycles. The highest BCUT2D eigenvalue weighted by atomic mass is 16.5. The van der Waals surface area contributed by atoms with Crippen LogP contribution in [0.3, 0.4) is 0 Å². The molecule has 1 aliphatic rings. The van der Waals surface area contributed by atoms with E-state index in [0.29, 0.717) is 6.54 Å². The summed E-state index contributed by atoms with van der Waals surface area (Å²) in [7, 11) is 0. The standard InChI is InChI=1S/C22H25NO3/c1-2-3-7-17-10-12-20(13-11-17)23-15-19(14-21(23)24)22(25)26-16-18-8-5-4-6-9-18/h4-6,8-13,19H,2-3,7,14-16H2,1H3/t19-/m1/s1. The summed E-state index contributed by atoms with van der Waals surface area (Å²) in [5.41, 5.74) is 3.08. The van der Waals surface area contributed by atoms with Crippen LogP contribution in [0.4, 0.5) is 5.69 Å². The van der Waals surface area contributed by atoms with Crippen LogP contribution >= 0.6 is 0 Å². The van der Waals surface area contributed by atoms with Crippen molar-refractivity contribution in [3.8, 4) is 0 Å². The summed E-state index contributed by atoms with van der Waals surface area (Å²) >= 11 is 0. The zero-order chi connectivity index (χ0) is 18.4. The van der Waals surface area contributed by atoms with E-state index in [1.54, 1.807) is 4.90 Å². The number of unbranched alkanes of at least 4 members (excludes halogenated alkanes) is 1. The number of anilines is 1. The lowest BCUT2D eigenvalue weighted by molar-refractivity contribution is -0.149. The van der Waals surface area contributed by atoms with Gasteiger partial charge in [-0.25, -0.2) is 0 Å². The predicted molar refractivity (Wildman–Crippen MR) is 102 cm³/mol. The molecule has 1 heterocycles. The van der Waals surface area contributed by atoms with E-state index in [0.717, 1.165) is 24.1 Å². The van der Waals surface area contributed by atoms with Crippen LogP contribution in [0.15, 0.2) is 54.6 Å². The SMILES string of the molecule is CCCCc1ccc(N2C[C@H](C(=O)OCc3ccccc3)CC2=O)cc1. The molecule has 0 aliphatic carbocycles. The Labute approximate surface area is 154 Å². The van der Waals surface area contributed by atoms with Crippen LogP contribution < -0.4 is 4.90 Å². The second kappa shape index (κ2) is 8.65. The lowest BCUT2D eigenvalue weighted by Crippen LogP contribution is -2.26. The van der Waals surface area contributed by atoms with Gasteiger partial charge in [0, 0.05) is 18.7 Å². The molecular weight excluding hydrogens is 326 g/mol. The Kier molecular flexibility index (Phi) is 6.05. The van der Waals surface area contributed by atoms with E-state index in [2.05, 4.69) is 19.1 Å². The fourth-order valence-electron chi connectivity index (χ4n) is 3.19. The molecule has 4 nitrogen and oxygen atoms in total. The fourth-order valence-corrected chi connectivity index (χ4v) is 3.19. The van der Waals surface area contributed by atoms with Gasteiger partial charge in [0.25, 0.3) is 0 Å². The molecule has 0 radical (unpaired) electrons. The third kappa shape index (κ3) is 4.51. The number of carbonyl (C=O) groups excluding carboxylic acids is 2. The molecule has 1 amide bonds. The molecular formula is C22H25NO3. The van der Waals surface area contributed by atoms with Crippen molar-refractivity contribution in [3.05, 3.63) is 65.7 Å². The molecule has 0 saturated carbocycles. The summed E-state index contributed by atoms with van der Waals surface area (Å²) in [5, 5.41) is 0. The number of ether oxygens (including phenoxy) is 1. The van der Waals surface area contributed by atoms with Gasteiger partial charge in [-0.3, -0.25) is 9.59 Å². The van der Waals surface area contributed by atoms with Crippen molar-refractivity contribution in [2.24, 2.45) is 5.92 Å². The van der Waals surface area contributed by atoms with Crippen molar-refractivity contribution in [2.45, 2.75) is 39.2 Å². The molecule has 0 spiro atoms. The maximum absolute atomic E-state index is 12.3. The largest absolute Gasteiger partial charge is 0.461 e. The van der Waals surface area contributed by atoms with Gasteiger partial charge < -0.3 is 9.64 Å². The van der Waals surface area contributed by atoms with Gasteiger partial charge in [-0.2, -0.15) is 0 Å². The van der Waals surface area contributed by atoms with Gasteiger partial charge in [-0.15, -0.1) is 0 Å². The normalized spacial score (nSPS) is 16.7. The van der Waals surface area contributed by atoms with Gasteiger partial charge in [-0.1, -0.05) is 55.8 Å². The van der Waals surface area contributed by atoms with Crippen molar-refractivity contribution in [2.75, 3.05) is 11.4 Å². The van der Waals surface area contributed by atoms with Crippen LogP contribution in [0.2, 0.25) is 0 Å². The summed E-state index contributed by atoms with van der Waals surface area (Å²) < 4.78 is 5.39. The summed E-state index contributed by atoms with van der Waals surface area (Å²) in [6, 6.07) is 17.7. The zero-order valence-electron chi connectivity index (χ0n) is 15.2. The lowest BCUT2D eigenvalue weighted by atomic mass is 10.1. The van der Waals surface area contributed by atoms with Gasteiger partial charge in [0.1, 0.15) is 6.61 Å². The molecule has 0 bridgehead atoms. The van der Waals surface area contributed by atoms with Crippen LogP contribution in [0.25, 0.3) is 0 Å². The third-order valence-electron chi connectivity index (χ3n) is 4.75. The Bertz CT molecular complexity index is 740. The van der Waals surface area contributed by atoms with E-state index in [1.165, 1.54) is 12.0 Å². The van der Waals surface area contributed by atoms with Crippen molar-refractivity contribution in [1.82, 2.24) is 0 Å². The quantitative estimate of drug-likeness (QED) is 0.705. The minimum Gasteiger partial charge on any atom is -0.461 e. The van der Waals surface area contributed by atoms with Gasteiger partial charge in [0.15, 0.2) is 0 Å². The Balaban J connectivity index is 1.56. The molecule has 0 unspecified atom stereocenters. The van der Waals surface area contributed by atoms with Crippen molar-refractivity contribution < 1.29 is 14.3 Å². The summed E-state index contributed by atoms with van der Waals surface area (Å²) in [6.45, 7) is 2.81. The Morgan fingerprint density at radius 1 is 1.08 bits per heavy atom. The second-order valence-corrected chi connectivity index (χ2v) is 6.77. The topological polar surface area (TPSA) is 46.6 Å². The molecule has 1 fully saturated rings. The molecule has 2 aromatic rings. The highest BCUT2D eigenvalue weighted by Crippen LogP contribution is 2.26. The van der Waals surface area contributed by atoms with Gasteiger partial charge in [0.05, 0.1) is 5.92 Å². The first kappa shape index (κ1) is 18.2. The minimum atomic E-state index is -0.397. The minimum absolute atomic E-state index is 0.0204. The van der Waals surface area contributed by atoms with E-state index in [1.807, 2.05) is 42.5 Å². The summed E-state index contributed by atoms with van der Waals surface area (Å²) in [6.07, 6.45) is 3.60. The predicted octanol–water partition coefficient (Wildman–Crippen LogP) is 4.13. The van der Waals surface area contributed by atoms with E-state index >= 15 is 0 Å². The number of rotatable bonds is 7. The van der Waals surface area contributed by atoms with E-state index in [9.17, 15) is 9.59 Å². The van der Waals surface area contributed by atoms with Crippen molar-refractivity contribution >= 4 is 17.6 Å². The number of hydrogen-bond acceptors (Lipinski definition) is 3. The molecule has 136 valence electrons. The van der Waals surface area contributed by atoms with Crippen molar-refractivity contribution in [1.29, 1.82) is 0 Å². The van der Waals surface area contributed by atoms with Gasteiger partial charge in [-0.05, 0) is 36.1 Å². The summed E-state index contributed by atoms with van der Waals surface area (Å²) in [4.78, 5) is 26.3. The first-order valence-corrected chi connectivity index (χ1v) is 9.27. The molecule has 4 heteroatoms. The zero-order valence-corrected chi connectivity index (χ0v) is 15.2.